The lowest BCUT2D eigenvalue weighted by Gasteiger charge is -2.12. The van der Waals surface area contributed by atoms with Gasteiger partial charge in [0.1, 0.15) is 24.0 Å². The first-order chi connectivity index (χ1) is 15.5. The highest BCUT2D eigenvalue weighted by Crippen LogP contribution is 2.30. The van der Waals surface area contributed by atoms with E-state index >= 15 is 0 Å². The van der Waals surface area contributed by atoms with Crippen molar-refractivity contribution in [3.05, 3.63) is 88.5 Å². The van der Waals surface area contributed by atoms with Gasteiger partial charge >= 0.3 is 0 Å². The zero-order chi connectivity index (χ0) is 22.9. The fourth-order valence-corrected chi connectivity index (χ4v) is 3.01. The van der Waals surface area contributed by atoms with E-state index in [1.54, 1.807) is 54.6 Å². The molecule has 0 aliphatic rings. The number of carbonyl (C=O) groups is 1. The maximum atomic E-state index is 12.6. The molecule has 1 N–H and O–H groups in total. The van der Waals surface area contributed by atoms with Gasteiger partial charge in [0.05, 0.1) is 19.9 Å². The third-order valence-electron chi connectivity index (χ3n) is 4.53. The molecule has 0 unspecified atom stereocenters. The highest BCUT2D eigenvalue weighted by atomic mass is 35.5. The number of amides is 1. The maximum absolute atomic E-state index is 12.6. The van der Waals surface area contributed by atoms with Crippen molar-refractivity contribution >= 4 is 29.3 Å². The molecule has 0 saturated carbocycles. The van der Waals surface area contributed by atoms with Crippen LogP contribution in [0.2, 0.25) is 5.02 Å². The quantitative estimate of drug-likeness (QED) is 0.364. The van der Waals surface area contributed by atoms with Crippen LogP contribution in [0.5, 0.6) is 17.2 Å². The molecule has 0 aliphatic carbocycles. The third-order valence-corrected chi connectivity index (χ3v) is 4.78. The minimum absolute atomic E-state index is 0.0622. The van der Waals surface area contributed by atoms with Crippen LogP contribution in [-0.2, 0) is 11.4 Å². The highest BCUT2D eigenvalue weighted by molar-refractivity contribution is 6.30. The van der Waals surface area contributed by atoms with Crippen molar-refractivity contribution in [2.45, 2.75) is 6.61 Å². The summed E-state index contributed by atoms with van der Waals surface area (Å²) in [4.78, 5) is 12.6. The van der Waals surface area contributed by atoms with Gasteiger partial charge in [-0.3, -0.25) is 4.79 Å². The number of para-hydroxylation sites is 2. The Morgan fingerprint density at radius 1 is 1.00 bits per heavy atom. The van der Waals surface area contributed by atoms with Gasteiger partial charge in [-0.05, 0) is 53.6 Å². The minimum Gasteiger partial charge on any atom is -0.495 e. The zero-order valence-electron chi connectivity index (χ0n) is 17.6. The van der Waals surface area contributed by atoms with E-state index in [4.69, 9.17) is 25.8 Å². The summed E-state index contributed by atoms with van der Waals surface area (Å²) in [5, 5.41) is 12.9. The van der Waals surface area contributed by atoms with E-state index in [0.29, 0.717) is 40.1 Å². The summed E-state index contributed by atoms with van der Waals surface area (Å²) in [6.45, 7) is 0.341. The summed E-state index contributed by atoms with van der Waals surface area (Å²) < 4.78 is 16.5. The molecule has 0 aromatic heterocycles. The molecular weight excluding hydrogens is 428 g/mol. The van der Waals surface area contributed by atoms with Crippen LogP contribution < -0.4 is 19.5 Å². The number of ether oxygens (including phenoxy) is 3. The first kappa shape index (κ1) is 22.7. The number of rotatable bonds is 8. The zero-order valence-corrected chi connectivity index (χ0v) is 18.3. The molecule has 32 heavy (non-hydrogen) atoms. The van der Waals surface area contributed by atoms with E-state index < -0.39 is 5.91 Å². The molecular formula is C25H21ClN2O4. The van der Waals surface area contributed by atoms with Gasteiger partial charge in [0.15, 0.2) is 11.5 Å². The van der Waals surface area contributed by atoms with Crippen LogP contribution in [0, 0.1) is 11.3 Å². The van der Waals surface area contributed by atoms with Gasteiger partial charge in [-0.1, -0.05) is 41.9 Å². The van der Waals surface area contributed by atoms with Crippen LogP contribution in [0.25, 0.3) is 6.08 Å². The Labute approximate surface area is 191 Å². The molecule has 162 valence electrons. The van der Waals surface area contributed by atoms with Crippen LogP contribution >= 0.6 is 11.6 Å². The molecule has 0 aliphatic heterocycles. The third kappa shape index (κ3) is 5.81. The number of halogens is 1. The van der Waals surface area contributed by atoms with E-state index in [2.05, 4.69) is 5.32 Å². The molecule has 1 amide bonds. The molecule has 3 rings (SSSR count). The van der Waals surface area contributed by atoms with Gasteiger partial charge in [0.2, 0.25) is 0 Å². The maximum Gasteiger partial charge on any atom is 0.266 e. The van der Waals surface area contributed by atoms with Crippen LogP contribution in [0.3, 0.4) is 0 Å². The van der Waals surface area contributed by atoms with Gasteiger partial charge in [0, 0.05) is 5.02 Å². The first-order valence-electron chi connectivity index (χ1n) is 9.65. The van der Waals surface area contributed by atoms with Crippen molar-refractivity contribution < 1.29 is 19.0 Å². The Morgan fingerprint density at radius 3 is 2.41 bits per heavy atom. The number of nitriles is 1. The Balaban J connectivity index is 1.76. The number of carbonyl (C=O) groups excluding carboxylic acids is 1. The summed E-state index contributed by atoms with van der Waals surface area (Å²) in [6.07, 6.45) is 1.48. The number of methoxy groups -OCH3 is 2. The van der Waals surface area contributed by atoms with Gasteiger partial charge in [-0.2, -0.15) is 5.26 Å². The van der Waals surface area contributed by atoms with Crippen LogP contribution in [0.15, 0.2) is 72.3 Å². The second kappa shape index (κ2) is 10.9. The summed E-state index contributed by atoms with van der Waals surface area (Å²) in [7, 11) is 3.03. The Bertz CT molecular complexity index is 1170. The van der Waals surface area contributed by atoms with Crippen molar-refractivity contribution in [1.82, 2.24) is 0 Å². The predicted molar refractivity (Wildman–Crippen MR) is 124 cm³/mol. The molecule has 3 aromatic rings. The average Bonchev–Trinajstić information content (AvgIpc) is 2.82. The van der Waals surface area contributed by atoms with E-state index in [1.807, 2.05) is 18.2 Å². The van der Waals surface area contributed by atoms with Gasteiger partial charge in [-0.25, -0.2) is 0 Å². The van der Waals surface area contributed by atoms with E-state index in [9.17, 15) is 10.1 Å². The smallest absolute Gasteiger partial charge is 0.266 e. The lowest BCUT2D eigenvalue weighted by molar-refractivity contribution is -0.112. The molecule has 0 atom stereocenters. The van der Waals surface area contributed by atoms with Crippen molar-refractivity contribution in [3.63, 3.8) is 0 Å². The van der Waals surface area contributed by atoms with Crippen LogP contribution in [0.4, 0.5) is 5.69 Å². The Kier molecular flexibility index (Phi) is 7.74. The Hall–Kier alpha value is -3.95. The number of nitrogens with zero attached hydrogens (tertiary/aromatic N) is 1. The van der Waals surface area contributed by atoms with Crippen LogP contribution in [-0.4, -0.2) is 20.1 Å². The molecule has 7 heteroatoms. The summed E-state index contributed by atoms with van der Waals surface area (Å²) in [5.41, 5.74) is 1.99. The number of hydrogen-bond acceptors (Lipinski definition) is 5. The lowest BCUT2D eigenvalue weighted by atomic mass is 10.1. The molecule has 0 bridgehead atoms. The summed E-state index contributed by atoms with van der Waals surface area (Å²) in [6, 6.07) is 21.4. The second-order valence-corrected chi connectivity index (χ2v) is 7.09. The molecule has 0 spiro atoms. The topological polar surface area (TPSA) is 80.6 Å². The fraction of sp³-hybridized carbons (Fsp3) is 0.120. The summed E-state index contributed by atoms with van der Waals surface area (Å²) in [5.74, 6) is 0.979. The highest BCUT2D eigenvalue weighted by Gasteiger charge is 2.13. The predicted octanol–water partition coefficient (Wildman–Crippen LogP) is 5.48. The van der Waals surface area contributed by atoms with Gasteiger partial charge < -0.3 is 19.5 Å². The van der Waals surface area contributed by atoms with E-state index in [1.165, 1.54) is 20.3 Å². The van der Waals surface area contributed by atoms with Gasteiger partial charge in [0.25, 0.3) is 5.91 Å². The Morgan fingerprint density at radius 2 is 1.72 bits per heavy atom. The first-order valence-corrected chi connectivity index (χ1v) is 10.0. The van der Waals surface area contributed by atoms with Crippen molar-refractivity contribution in [1.29, 1.82) is 5.26 Å². The normalized spacial score (nSPS) is 10.8. The number of hydrogen-bond donors (Lipinski definition) is 1. The molecule has 0 saturated heterocycles. The molecule has 0 heterocycles. The SMILES string of the molecule is COc1ccccc1NC(=O)C(C#N)=Cc1ccc(OCc2ccc(Cl)cc2)c(OC)c1. The monoisotopic (exact) mass is 448 g/mol. The number of nitrogens with one attached hydrogen (secondary N) is 1. The summed E-state index contributed by atoms with van der Waals surface area (Å²) >= 11 is 5.91. The van der Waals surface area contributed by atoms with Crippen molar-refractivity contribution in [2.24, 2.45) is 0 Å². The van der Waals surface area contributed by atoms with Crippen LogP contribution in [0.1, 0.15) is 11.1 Å². The van der Waals surface area contributed by atoms with Gasteiger partial charge in [-0.15, -0.1) is 0 Å². The minimum atomic E-state index is -0.543. The number of anilines is 1. The van der Waals surface area contributed by atoms with E-state index in [0.717, 1.165) is 5.56 Å². The largest absolute Gasteiger partial charge is 0.495 e. The standard InChI is InChI=1S/C25H21ClN2O4/c1-30-22-6-4-3-5-21(22)28-25(29)19(15-27)13-18-9-12-23(24(14-18)31-2)32-16-17-7-10-20(26)11-8-17/h3-14H,16H2,1-2H3,(H,28,29). The average molecular weight is 449 g/mol. The number of benzene rings is 3. The molecule has 0 fully saturated rings. The lowest BCUT2D eigenvalue weighted by Crippen LogP contribution is -2.14. The second-order valence-electron chi connectivity index (χ2n) is 6.65. The fourth-order valence-electron chi connectivity index (χ4n) is 2.89. The molecule has 3 aromatic carbocycles. The van der Waals surface area contributed by atoms with Crippen molar-refractivity contribution in [3.8, 4) is 23.3 Å². The van der Waals surface area contributed by atoms with Crippen molar-refractivity contribution in [2.75, 3.05) is 19.5 Å². The molecule has 0 radical (unpaired) electrons. The van der Waals surface area contributed by atoms with E-state index in [-0.39, 0.29) is 5.57 Å². The molecule has 6 nitrogen and oxygen atoms in total.